The number of hydrogen-bond acceptors (Lipinski definition) is 12. The van der Waals surface area contributed by atoms with Crippen LogP contribution in [-0.2, 0) is 6.42 Å². The standard InChI is InChI=1S/C64H58N12O6/c1-4-28-80-52-21-10-7-18-46(52)74-33-49(77)56(58(74)65)63-71-43-27-25-38(31-45(43)73-63)37-14-13-15-39(30-37)81-53-22-11-8-19-47(53)75-34-50(78)57(59(75)66)62-70-42-26-24-36(29-44(42)72-62)32-64(2,3)82-54-23-12-9-20-48(54)76-35-51(79)55(60(76)67)61-68-40-16-5-6-17-41(40)69-61/h5-27,29-31,33,35,50,57,66,77-79H,4,28,32,34,65,67H2,1-3H3,(H,68,69)(H,70,72)(H,71,73). The lowest BCUT2D eigenvalue weighted by Crippen LogP contribution is -2.31. The number of aromatic nitrogens is 8. The van der Waals surface area contributed by atoms with Crippen LogP contribution in [0.15, 0.2) is 170 Å². The van der Waals surface area contributed by atoms with Gasteiger partial charge in [-0.3, -0.25) is 14.5 Å². The number of imidazole rings is 3. The number of aromatic amines is 3. The molecule has 2 unspecified atom stereocenters. The van der Waals surface area contributed by atoms with Crippen LogP contribution in [0.4, 0.5) is 17.3 Å². The molecule has 5 aromatic heterocycles. The topological polar surface area (TPSA) is 263 Å². The molecule has 12 aromatic rings. The second kappa shape index (κ2) is 20.3. The first kappa shape index (κ1) is 51.0. The zero-order valence-electron chi connectivity index (χ0n) is 45.1. The predicted octanol–water partition coefficient (Wildman–Crippen LogP) is 12.4. The molecule has 18 nitrogen and oxygen atoms in total. The summed E-state index contributed by atoms with van der Waals surface area (Å²) in [5, 5.41) is 43.5. The number of rotatable bonds is 16. The van der Waals surface area contributed by atoms with E-state index >= 15 is 0 Å². The summed E-state index contributed by atoms with van der Waals surface area (Å²) in [5.74, 6) is 3.71. The van der Waals surface area contributed by atoms with Crippen molar-refractivity contribution in [3.63, 3.8) is 0 Å². The summed E-state index contributed by atoms with van der Waals surface area (Å²) in [5.41, 5.74) is 22.8. The number of nitrogens with two attached hydrogens (primary N) is 2. The Bertz CT molecular complexity index is 4380. The number of nitrogen functional groups attached to an aromatic ring is 2. The first-order valence-electron chi connectivity index (χ1n) is 27.0. The fourth-order valence-corrected chi connectivity index (χ4v) is 11.1. The molecular formula is C64H58N12O6. The highest BCUT2D eigenvalue weighted by Crippen LogP contribution is 2.44. The number of β-amino-alcohol motifs (C(OH)–C–C–N with tert-alkyl or cyclic N) is 1. The summed E-state index contributed by atoms with van der Waals surface area (Å²) in [6, 6.07) is 49.9. The van der Waals surface area contributed by atoms with E-state index < -0.39 is 17.6 Å². The quantitative estimate of drug-likeness (QED) is 0.0437. The van der Waals surface area contributed by atoms with Gasteiger partial charge in [-0.15, -0.1) is 0 Å². The van der Waals surface area contributed by atoms with E-state index in [1.165, 1.54) is 0 Å². The molecule has 6 heterocycles. The number of fused-ring (bicyclic) bond motifs is 3. The van der Waals surface area contributed by atoms with Gasteiger partial charge in [-0.05, 0) is 122 Å². The molecule has 0 bridgehead atoms. The van der Waals surface area contributed by atoms with Gasteiger partial charge in [0.05, 0.1) is 81.8 Å². The Kier molecular flexibility index (Phi) is 12.6. The highest BCUT2D eigenvalue weighted by atomic mass is 16.5. The molecule has 0 spiro atoms. The van der Waals surface area contributed by atoms with Gasteiger partial charge in [-0.25, -0.2) is 15.0 Å². The van der Waals surface area contributed by atoms with Gasteiger partial charge in [-0.1, -0.05) is 79.7 Å². The zero-order chi connectivity index (χ0) is 56.4. The van der Waals surface area contributed by atoms with Crippen LogP contribution in [-0.4, -0.2) is 85.0 Å². The van der Waals surface area contributed by atoms with Gasteiger partial charge in [-0.2, -0.15) is 0 Å². The molecule has 1 fully saturated rings. The summed E-state index contributed by atoms with van der Waals surface area (Å²) in [7, 11) is 0. The largest absolute Gasteiger partial charge is 0.505 e. The number of hydrogen-bond donors (Lipinski definition) is 9. The number of nitrogens with one attached hydrogen (secondary N) is 4. The van der Waals surface area contributed by atoms with E-state index in [0.29, 0.717) is 104 Å². The molecule has 0 amide bonds. The number of aromatic hydroxyl groups is 2. The molecule has 7 aromatic carbocycles. The number of H-pyrrole nitrogens is 3. The Morgan fingerprint density at radius 2 is 1.21 bits per heavy atom. The van der Waals surface area contributed by atoms with Crippen molar-refractivity contribution in [3.05, 3.63) is 182 Å². The number of amidine groups is 1. The van der Waals surface area contributed by atoms with Crippen LogP contribution in [0.3, 0.4) is 0 Å². The number of ether oxygens (including phenoxy) is 3. The minimum absolute atomic E-state index is 0.0172. The third-order valence-electron chi connectivity index (χ3n) is 14.9. The Morgan fingerprint density at radius 1 is 0.622 bits per heavy atom. The Balaban J connectivity index is 0.699. The van der Waals surface area contributed by atoms with Gasteiger partial charge >= 0.3 is 0 Å². The molecule has 13 rings (SSSR count). The number of benzene rings is 7. The highest BCUT2D eigenvalue weighted by Gasteiger charge is 2.41. The zero-order valence-corrected chi connectivity index (χ0v) is 45.1. The van der Waals surface area contributed by atoms with Crippen molar-refractivity contribution in [2.24, 2.45) is 0 Å². The highest BCUT2D eigenvalue weighted by molar-refractivity contribution is 6.04. The van der Waals surface area contributed by atoms with Crippen molar-refractivity contribution in [2.75, 3.05) is 29.5 Å². The molecule has 11 N–H and O–H groups in total. The van der Waals surface area contributed by atoms with Crippen LogP contribution in [0.5, 0.6) is 34.5 Å². The first-order valence-corrected chi connectivity index (χ1v) is 27.0. The molecule has 410 valence electrons. The molecule has 2 atom stereocenters. The summed E-state index contributed by atoms with van der Waals surface area (Å²) in [6.45, 7) is 6.77. The van der Waals surface area contributed by atoms with Crippen molar-refractivity contribution in [1.29, 1.82) is 5.41 Å². The molecule has 18 heteroatoms. The van der Waals surface area contributed by atoms with Crippen LogP contribution >= 0.6 is 0 Å². The van der Waals surface area contributed by atoms with Crippen LogP contribution in [0.2, 0.25) is 0 Å². The summed E-state index contributed by atoms with van der Waals surface area (Å²) in [4.78, 5) is 26.2. The van der Waals surface area contributed by atoms with E-state index in [1.807, 2.05) is 178 Å². The van der Waals surface area contributed by atoms with Crippen LogP contribution < -0.4 is 30.6 Å². The smallest absolute Gasteiger partial charge is 0.151 e. The van der Waals surface area contributed by atoms with Gasteiger partial charge in [0, 0.05) is 6.42 Å². The van der Waals surface area contributed by atoms with Crippen molar-refractivity contribution >= 4 is 56.3 Å². The minimum Gasteiger partial charge on any atom is -0.505 e. The Morgan fingerprint density at radius 3 is 1.93 bits per heavy atom. The normalized spacial score (nSPS) is 14.6. The Labute approximate surface area is 470 Å². The number of anilines is 3. The van der Waals surface area contributed by atoms with Gasteiger partial charge < -0.3 is 60.8 Å². The van der Waals surface area contributed by atoms with E-state index in [9.17, 15) is 20.7 Å². The van der Waals surface area contributed by atoms with E-state index in [-0.39, 0.29) is 23.9 Å². The lowest BCUT2D eigenvalue weighted by Gasteiger charge is -2.28. The monoisotopic (exact) mass is 1090 g/mol. The fraction of sp³-hybridized carbons (Fsp3) is 0.156. The molecule has 0 radical (unpaired) electrons. The van der Waals surface area contributed by atoms with Crippen molar-refractivity contribution in [1.82, 2.24) is 39.0 Å². The van der Waals surface area contributed by atoms with Crippen LogP contribution in [0.25, 0.3) is 78.4 Å². The van der Waals surface area contributed by atoms with Gasteiger partial charge in [0.2, 0.25) is 0 Å². The number of aliphatic hydroxyl groups excluding tert-OH is 1. The molecule has 82 heavy (non-hydrogen) atoms. The van der Waals surface area contributed by atoms with E-state index in [0.717, 1.165) is 45.2 Å². The molecule has 0 aliphatic carbocycles. The van der Waals surface area contributed by atoms with Crippen molar-refractivity contribution in [2.45, 2.75) is 51.2 Å². The molecule has 1 aliphatic heterocycles. The maximum atomic E-state index is 11.7. The first-order chi connectivity index (χ1) is 39.8. The van der Waals surface area contributed by atoms with Gasteiger partial charge in [0.25, 0.3) is 0 Å². The second-order valence-corrected chi connectivity index (χ2v) is 21.1. The van der Waals surface area contributed by atoms with Gasteiger partial charge in [0.15, 0.2) is 5.75 Å². The number of nitrogens with zero attached hydrogens (tertiary/aromatic N) is 6. The van der Waals surface area contributed by atoms with Crippen LogP contribution in [0, 0.1) is 5.41 Å². The SMILES string of the molecule is CCCOc1ccccc1-n1cc(O)c(-c2nc3ccc(-c4cccc(Oc5ccccc5N5CC(O)C(c6nc7ccc(CC(C)(C)Oc8ccccc8-n8cc(O)c(-c9nc%10ccccc%10[nH]9)c8N)cc7[nH]6)C5=N)c4)cc3[nH]2)c1N. The van der Waals surface area contributed by atoms with Gasteiger partial charge in [0.1, 0.15) is 86.3 Å². The molecular weight excluding hydrogens is 1030 g/mol. The molecule has 0 saturated carbocycles. The lowest BCUT2D eigenvalue weighted by molar-refractivity contribution is 0.110. The summed E-state index contributed by atoms with van der Waals surface area (Å²) in [6.07, 6.45) is 3.57. The van der Waals surface area contributed by atoms with E-state index in [2.05, 4.69) is 19.9 Å². The third kappa shape index (κ3) is 9.29. The lowest BCUT2D eigenvalue weighted by atomic mass is 9.98. The second-order valence-electron chi connectivity index (χ2n) is 21.1. The average molecular weight is 1090 g/mol. The fourth-order valence-electron chi connectivity index (χ4n) is 11.1. The summed E-state index contributed by atoms with van der Waals surface area (Å²) >= 11 is 0. The number of para-hydroxylation sites is 8. The van der Waals surface area contributed by atoms with Crippen molar-refractivity contribution in [3.8, 4) is 79.8 Å². The summed E-state index contributed by atoms with van der Waals surface area (Å²) < 4.78 is 22.8. The van der Waals surface area contributed by atoms with E-state index in [1.54, 1.807) is 26.4 Å². The molecule has 1 saturated heterocycles. The van der Waals surface area contributed by atoms with Crippen LogP contribution in [0.1, 0.15) is 44.5 Å². The van der Waals surface area contributed by atoms with E-state index in [4.69, 9.17) is 35.6 Å². The number of aliphatic hydroxyl groups is 1. The van der Waals surface area contributed by atoms with Crippen molar-refractivity contribution < 1.29 is 29.5 Å². The molecule has 1 aliphatic rings. The third-order valence-corrected chi connectivity index (χ3v) is 14.9. The Hall–Kier alpha value is -10.5. The minimum atomic E-state index is -0.942. The maximum absolute atomic E-state index is 11.7. The maximum Gasteiger partial charge on any atom is 0.151 e. The average Bonchev–Trinajstić information content (AvgIpc) is 4.50. The predicted molar refractivity (Wildman–Crippen MR) is 320 cm³/mol.